The Hall–Kier alpha value is -3.59. The van der Waals surface area contributed by atoms with Gasteiger partial charge < -0.3 is 16.0 Å². The van der Waals surface area contributed by atoms with Crippen molar-refractivity contribution in [1.29, 1.82) is 0 Å². The second-order valence-electron chi connectivity index (χ2n) is 5.27. The van der Waals surface area contributed by atoms with Crippen LogP contribution in [-0.2, 0) is 0 Å². The highest BCUT2D eigenvalue weighted by molar-refractivity contribution is 7.13. The summed E-state index contributed by atoms with van der Waals surface area (Å²) in [6, 6.07) is 8.14. The van der Waals surface area contributed by atoms with E-state index in [9.17, 15) is 9.59 Å². The molecule has 0 aliphatic heterocycles. The monoisotopic (exact) mass is 380 g/mol. The van der Waals surface area contributed by atoms with Crippen molar-refractivity contribution >= 4 is 34.6 Å². The van der Waals surface area contributed by atoms with E-state index >= 15 is 0 Å². The van der Waals surface area contributed by atoms with E-state index in [1.807, 2.05) is 0 Å². The van der Waals surface area contributed by atoms with E-state index in [1.54, 1.807) is 54.2 Å². The van der Waals surface area contributed by atoms with Crippen LogP contribution in [-0.4, -0.2) is 33.4 Å². The van der Waals surface area contributed by atoms with Gasteiger partial charge in [-0.05, 0) is 30.3 Å². The molecule has 0 saturated carbocycles. The number of aromatic nitrogens is 3. The average molecular weight is 380 g/mol. The number of amides is 3. The molecule has 0 fully saturated rings. The summed E-state index contributed by atoms with van der Waals surface area (Å²) in [4.78, 5) is 36.4. The Morgan fingerprint density at radius 3 is 2.41 bits per heavy atom. The molecule has 0 radical (unpaired) electrons. The highest BCUT2D eigenvalue weighted by Crippen LogP contribution is 2.20. The van der Waals surface area contributed by atoms with Crippen LogP contribution in [0.15, 0.2) is 60.8 Å². The van der Waals surface area contributed by atoms with E-state index in [0.29, 0.717) is 28.8 Å². The number of carbonyl (C=O) groups excluding carboxylic acids is 2. The molecule has 0 unspecified atom stereocenters. The van der Waals surface area contributed by atoms with Gasteiger partial charge in [0.1, 0.15) is 5.69 Å². The Bertz CT molecular complexity index is 940. The predicted molar refractivity (Wildman–Crippen MR) is 105 cm³/mol. The summed E-state index contributed by atoms with van der Waals surface area (Å²) in [6.45, 7) is 3.91. The van der Waals surface area contributed by atoms with E-state index in [2.05, 4.69) is 37.5 Å². The quantitative estimate of drug-likeness (QED) is 0.569. The molecule has 0 aliphatic carbocycles. The topological polar surface area (TPSA) is 109 Å². The summed E-state index contributed by atoms with van der Waals surface area (Å²) in [5, 5.41) is 10.3. The van der Waals surface area contributed by atoms with Crippen molar-refractivity contribution in [2.24, 2.45) is 0 Å². The maximum absolute atomic E-state index is 12.3. The van der Waals surface area contributed by atoms with Gasteiger partial charge in [-0.1, -0.05) is 6.08 Å². The number of nitrogens with zero attached hydrogens (tertiary/aromatic N) is 3. The van der Waals surface area contributed by atoms with Crippen molar-refractivity contribution in [3.63, 3.8) is 0 Å². The fourth-order valence-corrected chi connectivity index (χ4v) is 2.81. The van der Waals surface area contributed by atoms with Crippen LogP contribution in [0.3, 0.4) is 0 Å². The molecule has 3 N–H and O–H groups in total. The minimum atomic E-state index is -0.335. The lowest BCUT2D eigenvalue weighted by molar-refractivity contribution is 0.102. The van der Waals surface area contributed by atoms with Gasteiger partial charge in [-0.2, -0.15) is 0 Å². The first-order chi connectivity index (χ1) is 13.2. The van der Waals surface area contributed by atoms with Crippen LogP contribution >= 0.6 is 11.3 Å². The van der Waals surface area contributed by atoms with Gasteiger partial charge in [0.25, 0.3) is 5.91 Å². The number of hydrogen-bond donors (Lipinski definition) is 3. The SMILES string of the molecule is C=CCNC(=O)Nc1ccc(NC(=O)c2csc(-c3ncccn3)n2)cc1. The summed E-state index contributed by atoms with van der Waals surface area (Å²) >= 11 is 1.30. The van der Waals surface area contributed by atoms with Crippen molar-refractivity contribution in [1.82, 2.24) is 20.3 Å². The Morgan fingerprint density at radius 1 is 1.07 bits per heavy atom. The van der Waals surface area contributed by atoms with E-state index in [0.717, 1.165) is 0 Å². The van der Waals surface area contributed by atoms with Crippen molar-refractivity contribution in [2.75, 3.05) is 17.2 Å². The first-order valence-corrected chi connectivity index (χ1v) is 8.84. The summed E-state index contributed by atoms with van der Waals surface area (Å²) in [7, 11) is 0. The minimum Gasteiger partial charge on any atom is -0.334 e. The van der Waals surface area contributed by atoms with Gasteiger partial charge in [0.2, 0.25) is 0 Å². The third kappa shape index (κ3) is 4.95. The zero-order valence-electron chi connectivity index (χ0n) is 14.2. The zero-order chi connectivity index (χ0) is 19.1. The zero-order valence-corrected chi connectivity index (χ0v) is 15.0. The molecular formula is C18H16N6O2S. The van der Waals surface area contributed by atoms with E-state index in [4.69, 9.17) is 0 Å². The molecule has 3 amide bonds. The van der Waals surface area contributed by atoms with Crippen molar-refractivity contribution < 1.29 is 9.59 Å². The molecule has 0 bridgehead atoms. The van der Waals surface area contributed by atoms with Gasteiger partial charge in [0.05, 0.1) is 0 Å². The molecule has 9 heteroatoms. The number of rotatable bonds is 6. The Balaban J connectivity index is 1.60. The average Bonchev–Trinajstić information content (AvgIpc) is 3.19. The van der Waals surface area contributed by atoms with Gasteiger partial charge >= 0.3 is 6.03 Å². The molecule has 2 aromatic heterocycles. The van der Waals surface area contributed by atoms with Gasteiger partial charge in [0, 0.05) is 35.7 Å². The molecule has 3 aromatic rings. The first kappa shape index (κ1) is 18.2. The van der Waals surface area contributed by atoms with E-state index in [-0.39, 0.29) is 17.6 Å². The number of hydrogen-bond acceptors (Lipinski definition) is 6. The van der Waals surface area contributed by atoms with Gasteiger partial charge in [-0.15, -0.1) is 17.9 Å². The number of anilines is 2. The number of benzene rings is 1. The lowest BCUT2D eigenvalue weighted by atomic mass is 10.2. The summed E-state index contributed by atoms with van der Waals surface area (Å²) in [5.41, 5.74) is 1.47. The molecule has 3 rings (SSSR count). The summed E-state index contributed by atoms with van der Waals surface area (Å²) < 4.78 is 0. The lowest BCUT2D eigenvalue weighted by Gasteiger charge is -2.07. The van der Waals surface area contributed by atoms with Crippen LogP contribution in [0.4, 0.5) is 16.2 Å². The first-order valence-electron chi connectivity index (χ1n) is 7.96. The molecule has 2 heterocycles. The lowest BCUT2D eigenvalue weighted by Crippen LogP contribution is -2.28. The fraction of sp³-hybridized carbons (Fsp3) is 0.0556. The van der Waals surface area contributed by atoms with E-state index in [1.165, 1.54) is 11.3 Å². The van der Waals surface area contributed by atoms with Crippen LogP contribution in [0, 0.1) is 0 Å². The Morgan fingerprint density at radius 2 is 1.74 bits per heavy atom. The molecule has 0 atom stereocenters. The van der Waals surface area contributed by atoms with Crippen LogP contribution in [0.2, 0.25) is 0 Å². The van der Waals surface area contributed by atoms with Crippen molar-refractivity contribution in [3.05, 3.63) is 66.5 Å². The molecule has 0 spiro atoms. The maximum atomic E-state index is 12.3. The van der Waals surface area contributed by atoms with Gasteiger partial charge in [0.15, 0.2) is 10.8 Å². The van der Waals surface area contributed by atoms with Crippen LogP contribution in [0.5, 0.6) is 0 Å². The van der Waals surface area contributed by atoms with Crippen LogP contribution in [0.1, 0.15) is 10.5 Å². The minimum absolute atomic E-state index is 0.286. The normalized spacial score (nSPS) is 10.1. The third-order valence-electron chi connectivity index (χ3n) is 3.30. The molecule has 0 saturated heterocycles. The van der Waals surface area contributed by atoms with Gasteiger partial charge in [-0.3, -0.25) is 4.79 Å². The van der Waals surface area contributed by atoms with Crippen molar-refractivity contribution in [2.45, 2.75) is 0 Å². The van der Waals surface area contributed by atoms with Crippen LogP contribution in [0.25, 0.3) is 10.8 Å². The molecular weight excluding hydrogens is 364 g/mol. The summed E-state index contributed by atoms with van der Waals surface area (Å²) in [6.07, 6.45) is 4.83. The molecule has 1 aromatic carbocycles. The molecule has 0 aliphatic rings. The van der Waals surface area contributed by atoms with Crippen molar-refractivity contribution in [3.8, 4) is 10.8 Å². The molecule has 8 nitrogen and oxygen atoms in total. The second kappa shape index (κ2) is 8.68. The fourth-order valence-electron chi connectivity index (χ4n) is 2.06. The van der Waals surface area contributed by atoms with Crippen LogP contribution < -0.4 is 16.0 Å². The number of urea groups is 1. The third-order valence-corrected chi connectivity index (χ3v) is 4.14. The summed E-state index contributed by atoms with van der Waals surface area (Å²) in [5.74, 6) is 0.143. The number of nitrogens with one attached hydrogen (secondary N) is 3. The highest BCUT2D eigenvalue weighted by atomic mass is 32.1. The van der Waals surface area contributed by atoms with Gasteiger partial charge in [-0.25, -0.2) is 19.7 Å². The maximum Gasteiger partial charge on any atom is 0.319 e. The van der Waals surface area contributed by atoms with E-state index < -0.39 is 0 Å². The Labute approximate surface area is 159 Å². The highest BCUT2D eigenvalue weighted by Gasteiger charge is 2.13. The predicted octanol–water partition coefficient (Wildman–Crippen LogP) is 3.16. The number of thiazole rings is 1. The smallest absolute Gasteiger partial charge is 0.319 e. The standard InChI is InChI=1S/C18H16N6O2S/c1-2-8-21-18(26)23-13-6-4-12(5-7-13)22-16(25)14-11-27-17(24-14)15-19-9-3-10-20-15/h2-7,9-11H,1,8H2,(H,22,25)(H2,21,23,26). The molecule has 136 valence electrons. The second-order valence-corrected chi connectivity index (χ2v) is 6.12. The number of carbonyl (C=O) groups is 2. The largest absolute Gasteiger partial charge is 0.334 e. The molecule has 27 heavy (non-hydrogen) atoms. The Kier molecular flexibility index (Phi) is 5.85.